The monoisotopic (exact) mass is 304 g/mol. The maximum absolute atomic E-state index is 12.0. The molecule has 3 rings (SSSR count). The number of methoxy groups -OCH3 is 1. The Labute approximate surface area is 126 Å². The number of hydrogen-bond acceptors (Lipinski definition) is 4. The van der Waals surface area contributed by atoms with Crippen molar-refractivity contribution in [2.75, 3.05) is 7.11 Å². The van der Waals surface area contributed by atoms with Crippen LogP contribution < -0.4 is 0 Å². The molecule has 0 N–H and O–H groups in total. The third-order valence-electron chi connectivity index (χ3n) is 3.55. The van der Waals surface area contributed by atoms with E-state index in [1.54, 1.807) is 10.7 Å². The molecule has 1 aliphatic rings. The maximum atomic E-state index is 12.0. The van der Waals surface area contributed by atoms with E-state index in [1.165, 1.54) is 7.11 Å². The van der Waals surface area contributed by atoms with Crippen molar-refractivity contribution in [1.29, 1.82) is 0 Å². The minimum Gasteiger partial charge on any atom is -0.464 e. The van der Waals surface area contributed by atoms with Gasteiger partial charge in [0.2, 0.25) is 0 Å². The van der Waals surface area contributed by atoms with E-state index in [2.05, 4.69) is 5.10 Å². The minimum atomic E-state index is -0.528. The fourth-order valence-electron chi connectivity index (χ4n) is 2.55. The van der Waals surface area contributed by atoms with E-state index in [1.807, 2.05) is 18.2 Å². The molecule has 6 heteroatoms. The molecule has 0 amide bonds. The Kier molecular flexibility index (Phi) is 3.51. The number of carbonyl (C=O) groups is 2. The number of carbonyl (C=O) groups excluding carboxylic acids is 2. The summed E-state index contributed by atoms with van der Waals surface area (Å²) in [5.41, 5.74) is 2.21. The molecular weight excluding hydrogens is 292 g/mol. The number of nitrogens with zero attached hydrogens (tertiary/aromatic N) is 2. The standard InChI is InChI=1S/C15H13ClN2O3/c1-21-15(20)14-13(10-4-2-3-5-11(10)16)12-8-9(19)6-7-18(12)17-14/h2-5H,6-8H2,1H3. The molecule has 0 radical (unpaired) electrons. The van der Waals surface area contributed by atoms with Gasteiger partial charge in [0, 0.05) is 35.5 Å². The van der Waals surface area contributed by atoms with Crippen LogP contribution in [0.3, 0.4) is 0 Å². The van der Waals surface area contributed by atoms with Crippen LogP contribution >= 0.6 is 11.6 Å². The van der Waals surface area contributed by atoms with Gasteiger partial charge in [0.1, 0.15) is 5.78 Å². The number of ketones is 1. The number of aryl methyl sites for hydroxylation is 1. The Morgan fingerprint density at radius 1 is 1.38 bits per heavy atom. The lowest BCUT2D eigenvalue weighted by Crippen LogP contribution is -2.19. The van der Waals surface area contributed by atoms with Crippen molar-refractivity contribution in [3.63, 3.8) is 0 Å². The van der Waals surface area contributed by atoms with Crippen LogP contribution in [0.2, 0.25) is 5.02 Å². The molecule has 5 nitrogen and oxygen atoms in total. The first-order chi connectivity index (χ1) is 10.1. The van der Waals surface area contributed by atoms with Gasteiger partial charge in [-0.1, -0.05) is 29.8 Å². The second-order valence-electron chi connectivity index (χ2n) is 4.83. The van der Waals surface area contributed by atoms with Crippen LogP contribution in [0.15, 0.2) is 24.3 Å². The highest BCUT2D eigenvalue weighted by Gasteiger charge is 2.29. The molecular formula is C15H13ClN2O3. The van der Waals surface area contributed by atoms with E-state index in [9.17, 15) is 9.59 Å². The van der Waals surface area contributed by atoms with Gasteiger partial charge in [0.15, 0.2) is 5.69 Å². The number of rotatable bonds is 2. The number of hydrogen-bond donors (Lipinski definition) is 0. The number of esters is 1. The van der Waals surface area contributed by atoms with Crippen molar-refractivity contribution in [3.05, 3.63) is 40.7 Å². The third kappa shape index (κ3) is 2.34. The van der Waals surface area contributed by atoms with Gasteiger partial charge in [-0.25, -0.2) is 4.79 Å². The summed E-state index contributed by atoms with van der Waals surface area (Å²) >= 11 is 6.24. The highest BCUT2D eigenvalue weighted by Crippen LogP contribution is 2.35. The van der Waals surface area contributed by atoms with Crippen LogP contribution in [0.4, 0.5) is 0 Å². The first-order valence-electron chi connectivity index (χ1n) is 6.56. The summed E-state index contributed by atoms with van der Waals surface area (Å²) in [7, 11) is 1.31. The van der Waals surface area contributed by atoms with Gasteiger partial charge in [0.05, 0.1) is 12.8 Å². The Morgan fingerprint density at radius 3 is 2.86 bits per heavy atom. The second-order valence-corrected chi connectivity index (χ2v) is 5.24. The zero-order valence-electron chi connectivity index (χ0n) is 11.4. The quantitative estimate of drug-likeness (QED) is 0.800. The van der Waals surface area contributed by atoms with Gasteiger partial charge in [-0.3, -0.25) is 9.48 Å². The zero-order valence-corrected chi connectivity index (χ0v) is 12.2. The predicted molar refractivity (Wildman–Crippen MR) is 77.3 cm³/mol. The topological polar surface area (TPSA) is 61.2 Å². The molecule has 1 aliphatic heterocycles. The lowest BCUT2D eigenvalue weighted by Gasteiger charge is -2.14. The number of aromatic nitrogens is 2. The number of ether oxygens (including phenoxy) is 1. The van der Waals surface area contributed by atoms with Gasteiger partial charge in [-0.05, 0) is 6.07 Å². The van der Waals surface area contributed by atoms with Gasteiger partial charge >= 0.3 is 5.97 Å². The van der Waals surface area contributed by atoms with E-state index in [4.69, 9.17) is 16.3 Å². The fourth-order valence-corrected chi connectivity index (χ4v) is 2.78. The summed E-state index contributed by atoms with van der Waals surface area (Å²) < 4.78 is 6.50. The van der Waals surface area contributed by atoms with E-state index >= 15 is 0 Å². The maximum Gasteiger partial charge on any atom is 0.359 e. The molecule has 0 saturated heterocycles. The highest BCUT2D eigenvalue weighted by molar-refractivity contribution is 6.33. The number of halogens is 1. The molecule has 0 unspecified atom stereocenters. The Morgan fingerprint density at radius 2 is 2.14 bits per heavy atom. The van der Waals surface area contributed by atoms with Crippen LogP contribution in [0.5, 0.6) is 0 Å². The van der Waals surface area contributed by atoms with Crippen molar-refractivity contribution in [2.24, 2.45) is 0 Å². The Bertz CT molecular complexity index is 737. The first kappa shape index (κ1) is 13.8. The van der Waals surface area contributed by atoms with E-state index in [0.29, 0.717) is 29.1 Å². The van der Waals surface area contributed by atoms with Crippen molar-refractivity contribution in [3.8, 4) is 11.1 Å². The summed E-state index contributed by atoms with van der Waals surface area (Å²) in [6.45, 7) is 0.475. The normalized spacial score (nSPS) is 13.9. The molecule has 1 aromatic heterocycles. The van der Waals surface area contributed by atoms with Crippen LogP contribution in [0.1, 0.15) is 22.6 Å². The molecule has 0 atom stereocenters. The van der Waals surface area contributed by atoms with Crippen LogP contribution in [0.25, 0.3) is 11.1 Å². The zero-order chi connectivity index (χ0) is 15.0. The first-order valence-corrected chi connectivity index (χ1v) is 6.94. The Balaban J connectivity index is 2.26. The molecule has 0 aliphatic carbocycles. The lowest BCUT2D eigenvalue weighted by molar-refractivity contribution is -0.119. The Hall–Kier alpha value is -2.14. The average molecular weight is 305 g/mol. The molecule has 108 valence electrons. The summed E-state index contributed by atoms with van der Waals surface area (Å²) in [6, 6.07) is 7.19. The second kappa shape index (κ2) is 5.33. The molecule has 0 bridgehead atoms. The summed E-state index contributed by atoms with van der Waals surface area (Å²) in [5.74, 6) is -0.397. The van der Waals surface area contributed by atoms with Crippen molar-refractivity contribution >= 4 is 23.4 Å². The van der Waals surface area contributed by atoms with Crippen LogP contribution in [0, 0.1) is 0 Å². The van der Waals surface area contributed by atoms with Gasteiger partial charge in [-0.15, -0.1) is 0 Å². The van der Waals surface area contributed by atoms with Crippen molar-refractivity contribution in [1.82, 2.24) is 9.78 Å². The SMILES string of the molecule is COC(=O)c1nn2c(c1-c1ccccc1Cl)CC(=O)CC2. The number of fused-ring (bicyclic) bond motifs is 1. The number of benzene rings is 1. The molecule has 2 heterocycles. The molecule has 2 aromatic rings. The predicted octanol–water partition coefficient (Wildman–Crippen LogP) is 2.51. The van der Waals surface area contributed by atoms with Crippen LogP contribution in [-0.2, 0) is 22.5 Å². The molecule has 0 fully saturated rings. The van der Waals surface area contributed by atoms with Gasteiger partial charge in [-0.2, -0.15) is 5.10 Å². The van der Waals surface area contributed by atoms with E-state index < -0.39 is 5.97 Å². The number of Topliss-reactive ketones (excluding diaryl/α,β-unsaturated/α-hetero) is 1. The summed E-state index contributed by atoms with van der Waals surface area (Å²) in [5, 5.41) is 4.82. The summed E-state index contributed by atoms with van der Waals surface area (Å²) in [6.07, 6.45) is 0.682. The van der Waals surface area contributed by atoms with Crippen LogP contribution in [-0.4, -0.2) is 28.6 Å². The minimum absolute atomic E-state index is 0.132. The molecule has 0 spiro atoms. The molecule has 1 aromatic carbocycles. The fraction of sp³-hybridized carbons (Fsp3) is 0.267. The van der Waals surface area contributed by atoms with E-state index in [-0.39, 0.29) is 17.9 Å². The highest BCUT2D eigenvalue weighted by atomic mass is 35.5. The third-order valence-corrected chi connectivity index (χ3v) is 3.88. The molecule has 21 heavy (non-hydrogen) atoms. The smallest absolute Gasteiger partial charge is 0.359 e. The van der Waals surface area contributed by atoms with E-state index in [0.717, 1.165) is 5.69 Å². The van der Waals surface area contributed by atoms with Crippen molar-refractivity contribution < 1.29 is 14.3 Å². The van der Waals surface area contributed by atoms with Crippen molar-refractivity contribution in [2.45, 2.75) is 19.4 Å². The average Bonchev–Trinajstić information content (AvgIpc) is 2.85. The lowest BCUT2D eigenvalue weighted by atomic mass is 9.98. The summed E-state index contributed by atoms with van der Waals surface area (Å²) in [4.78, 5) is 23.7. The molecule has 0 saturated carbocycles. The van der Waals surface area contributed by atoms with Gasteiger partial charge < -0.3 is 4.74 Å². The van der Waals surface area contributed by atoms with Gasteiger partial charge in [0.25, 0.3) is 0 Å². The largest absolute Gasteiger partial charge is 0.464 e.